The SMILES string of the molecule is Cc1ccc(OCC(=O)NC(CC(=O)O)C(C)C)c(Br)c1. The molecule has 1 aromatic carbocycles. The number of benzene rings is 1. The molecule has 0 aromatic heterocycles. The highest BCUT2D eigenvalue weighted by molar-refractivity contribution is 9.10. The van der Waals surface area contributed by atoms with Crippen LogP contribution in [0.25, 0.3) is 0 Å². The number of halogens is 1. The van der Waals surface area contributed by atoms with Crippen molar-refractivity contribution in [1.82, 2.24) is 5.32 Å². The summed E-state index contributed by atoms with van der Waals surface area (Å²) in [6.45, 7) is 5.54. The molecular formula is C15H20BrNO4. The fourth-order valence-electron chi connectivity index (χ4n) is 1.76. The van der Waals surface area contributed by atoms with Crippen LogP contribution in [0.4, 0.5) is 0 Å². The Balaban J connectivity index is 2.54. The monoisotopic (exact) mass is 357 g/mol. The van der Waals surface area contributed by atoms with Gasteiger partial charge in [0, 0.05) is 6.04 Å². The molecule has 0 spiro atoms. The number of ether oxygens (including phenoxy) is 1. The fourth-order valence-corrected chi connectivity index (χ4v) is 2.36. The second kappa shape index (κ2) is 8.02. The van der Waals surface area contributed by atoms with E-state index in [1.165, 1.54) is 0 Å². The summed E-state index contributed by atoms with van der Waals surface area (Å²) in [6, 6.07) is 5.16. The molecule has 6 heteroatoms. The van der Waals surface area contributed by atoms with E-state index in [1.807, 2.05) is 32.9 Å². The molecule has 0 aliphatic carbocycles. The highest BCUT2D eigenvalue weighted by Gasteiger charge is 2.19. The highest BCUT2D eigenvalue weighted by Crippen LogP contribution is 2.25. The van der Waals surface area contributed by atoms with E-state index < -0.39 is 12.0 Å². The number of aliphatic carboxylic acids is 1. The minimum atomic E-state index is -0.934. The number of rotatable bonds is 7. The smallest absolute Gasteiger partial charge is 0.305 e. The predicted octanol–water partition coefficient (Wildman–Crippen LogP) is 2.75. The summed E-state index contributed by atoms with van der Waals surface area (Å²) >= 11 is 3.37. The normalized spacial score (nSPS) is 12.0. The maximum atomic E-state index is 11.8. The van der Waals surface area contributed by atoms with E-state index in [4.69, 9.17) is 9.84 Å². The Bertz CT molecular complexity index is 516. The van der Waals surface area contributed by atoms with Crippen LogP contribution >= 0.6 is 15.9 Å². The second-order valence-corrected chi connectivity index (χ2v) is 6.09. The van der Waals surface area contributed by atoms with Crippen molar-refractivity contribution in [3.8, 4) is 5.75 Å². The van der Waals surface area contributed by atoms with Crippen molar-refractivity contribution in [2.24, 2.45) is 5.92 Å². The zero-order valence-corrected chi connectivity index (χ0v) is 13.9. The van der Waals surface area contributed by atoms with E-state index >= 15 is 0 Å². The van der Waals surface area contributed by atoms with Crippen molar-refractivity contribution < 1.29 is 19.4 Å². The predicted molar refractivity (Wildman–Crippen MR) is 83.4 cm³/mol. The van der Waals surface area contributed by atoms with Gasteiger partial charge in [0.25, 0.3) is 5.91 Å². The van der Waals surface area contributed by atoms with E-state index in [9.17, 15) is 9.59 Å². The number of amides is 1. The van der Waals surface area contributed by atoms with Crippen LogP contribution in [0.2, 0.25) is 0 Å². The lowest BCUT2D eigenvalue weighted by molar-refractivity contribution is -0.138. The van der Waals surface area contributed by atoms with Gasteiger partial charge >= 0.3 is 5.97 Å². The standard InChI is InChI=1S/C15H20BrNO4/c1-9(2)12(7-15(19)20)17-14(18)8-21-13-5-4-10(3)6-11(13)16/h4-6,9,12H,7-8H2,1-3H3,(H,17,18)(H,19,20). The number of nitrogens with one attached hydrogen (secondary N) is 1. The van der Waals surface area contributed by atoms with Crippen LogP contribution in [0.5, 0.6) is 5.75 Å². The molecule has 0 aliphatic heterocycles. The van der Waals surface area contributed by atoms with Crippen molar-refractivity contribution in [2.45, 2.75) is 33.2 Å². The first kappa shape index (κ1) is 17.5. The van der Waals surface area contributed by atoms with Gasteiger partial charge in [0.2, 0.25) is 0 Å². The molecule has 1 atom stereocenters. The summed E-state index contributed by atoms with van der Waals surface area (Å²) in [6.07, 6.45) is -0.0996. The number of carboxylic acid groups (broad SMARTS) is 1. The van der Waals surface area contributed by atoms with Crippen molar-refractivity contribution >= 4 is 27.8 Å². The molecule has 0 radical (unpaired) electrons. The molecule has 0 heterocycles. The van der Waals surface area contributed by atoms with Gasteiger partial charge in [0.15, 0.2) is 6.61 Å². The molecule has 1 unspecified atom stereocenters. The Labute approximate surface area is 132 Å². The van der Waals surface area contributed by atoms with Crippen LogP contribution in [-0.4, -0.2) is 29.6 Å². The minimum Gasteiger partial charge on any atom is -0.483 e. The Hall–Kier alpha value is -1.56. The average Bonchev–Trinajstić information content (AvgIpc) is 2.36. The molecule has 0 saturated carbocycles. The van der Waals surface area contributed by atoms with Crippen molar-refractivity contribution in [1.29, 1.82) is 0 Å². The summed E-state index contributed by atoms with van der Waals surface area (Å²) in [5.41, 5.74) is 1.08. The van der Waals surface area contributed by atoms with Gasteiger partial charge in [0.1, 0.15) is 5.75 Å². The summed E-state index contributed by atoms with van der Waals surface area (Å²) in [5.74, 6) is -0.648. The number of hydrogen-bond donors (Lipinski definition) is 2. The molecule has 5 nitrogen and oxygen atoms in total. The number of carbonyl (C=O) groups is 2. The van der Waals surface area contributed by atoms with Crippen LogP contribution in [0.1, 0.15) is 25.8 Å². The van der Waals surface area contributed by atoms with Crippen molar-refractivity contribution in [3.05, 3.63) is 28.2 Å². The molecule has 1 amide bonds. The fraction of sp³-hybridized carbons (Fsp3) is 0.467. The number of carbonyl (C=O) groups excluding carboxylic acids is 1. The number of carboxylic acids is 1. The summed E-state index contributed by atoms with van der Waals surface area (Å²) in [4.78, 5) is 22.6. The zero-order valence-electron chi connectivity index (χ0n) is 12.4. The molecule has 0 bridgehead atoms. The molecule has 1 aromatic rings. The lowest BCUT2D eigenvalue weighted by atomic mass is 10.0. The van der Waals surface area contributed by atoms with Crippen LogP contribution in [0.15, 0.2) is 22.7 Å². The molecule has 116 valence electrons. The van der Waals surface area contributed by atoms with Crippen LogP contribution in [-0.2, 0) is 9.59 Å². The first-order valence-corrected chi connectivity index (χ1v) is 7.49. The quantitative estimate of drug-likeness (QED) is 0.786. The Morgan fingerprint density at radius 2 is 2.05 bits per heavy atom. The third kappa shape index (κ3) is 6.16. The zero-order chi connectivity index (χ0) is 16.0. The molecule has 1 rings (SSSR count). The van der Waals surface area contributed by atoms with Crippen LogP contribution < -0.4 is 10.1 Å². The van der Waals surface area contributed by atoms with E-state index in [1.54, 1.807) is 6.07 Å². The molecule has 2 N–H and O–H groups in total. The van der Waals surface area contributed by atoms with Gasteiger partial charge in [-0.15, -0.1) is 0 Å². The number of aryl methyl sites for hydroxylation is 1. The van der Waals surface area contributed by atoms with Gasteiger partial charge in [-0.1, -0.05) is 19.9 Å². The Kier molecular flexibility index (Phi) is 6.68. The van der Waals surface area contributed by atoms with Gasteiger partial charge in [-0.05, 0) is 46.5 Å². The van der Waals surface area contributed by atoms with Crippen LogP contribution in [0.3, 0.4) is 0 Å². The third-order valence-electron chi connectivity index (χ3n) is 2.99. The van der Waals surface area contributed by atoms with Crippen molar-refractivity contribution in [2.75, 3.05) is 6.61 Å². The van der Waals surface area contributed by atoms with Crippen molar-refractivity contribution in [3.63, 3.8) is 0 Å². The van der Waals surface area contributed by atoms with E-state index in [0.29, 0.717) is 5.75 Å². The molecule has 21 heavy (non-hydrogen) atoms. The van der Waals surface area contributed by atoms with Gasteiger partial charge in [-0.25, -0.2) is 0 Å². The highest BCUT2D eigenvalue weighted by atomic mass is 79.9. The molecule has 0 aliphatic rings. The largest absolute Gasteiger partial charge is 0.483 e. The Morgan fingerprint density at radius 3 is 2.57 bits per heavy atom. The first-order chi connectivity index (χ1) is 9.79. The average molecular weight is 358 g/mol. The minimum absolute atomic E-state index is 0.0381. The topological polar surface area (TPSA) is 75.6 Å². The lowest BCUT2D eigenvalue weighted by Gasteiger charge is -2.20. The number of hydrogen-bond acceptors (Lipinski definition) is 3. The van der Waals surface area contributed by atoms with E-state index in [2.05, 4.69) is 21.2 Å². The lowest BCUT2D eigenvalue weighted by Crippen LogP contribution is -2.42. The third-order valence-corrected chi connectivity index (χ3v) is 3.61. The maximum Gasteiger partial charge on any atom is 0.305 e. The van der Waals surface area contributed by atoms with Gasteiger partial charge in [0.05, 0.1) is 10.9 Å². The summed E-state index contributed by atoms with van der Waals surface area (Å²) in [7, 11) is 0. The maximum absolute atomic E-state index is 11.8. The van der Waals surface area contributed by atoms with Gasteiger partial charge < -0.3 is 15.2 Å². The molecular weight excluding hydrogens is 338 g/mol. The van der Waals surface area contributed by atoms with Gasteiger partial charge in [-0.2, -0.15) is 0 Å². The molecule has 0 saturated heterocycles. The van der Waals surface area contributed by atoms with Gasteiger partial charge in [-0.3, -0.25) is 9.59 Å². The summed E-state index contributed by atoms with van der Waals surface area (Å²) < 4.78 is 6.21. The van der Waals surface area contributed by atoms with E-state index in [0.717, 1.165) is 10.0 Å². The summed E-state index contributed by atoms with van der Waals surface area (Å²) in [5, 5.41) is 11.5. The van der Waals surface area contributed by atoms with E-state index in [-0.39, 0.29) is 24.9 Å². The second-order valence-electron chi connectivity index (χ2n) is 5.24. The van der Waals surface area contributed by atoms with Crippen LogP contribution in [0, 0.1) is 12.8 Å². The first-order valence-electron chi connectivity index (χ1n) is 6.69. The Morgan fingerprint density at radius 1 is 1.38 bits per heavy atom. The molecule has 0 fully saturated rings.